The van der Waals surface area contributed by atoms with Gasteiger partial charge in [-0.05, 0) is 57.0 Å². The lowest BCUT2D eigenvalue weighted by Crippen LogP contribution is -2.36. The number of nitrogens with one attached hydrogen (secondary N) is 1. The van der Waals surface area contributed by atoms with Gasteiger partial charge in [-0.15, -0.1) is 0 Å². The van der Waals surface area contributed by atoms with Crippen LogP contribution >= 0.6 is 0 Å². The number of anilines is 1. The predicted molar refractivity (Wildman–Crippen MR) is 122 cm³/mol. The maximum Gasteiger partial charge on any atom is 0.312 e. The molecule has 1 aromatic carbocycles. The summed E-state index contributed by atoms with van der Waals surface area (Å²) < 4.78 is 27.3. The maximum atomic E-state index is 14.0. The van der Waals surface area contributed by atoms with Crippen molar-refractivity contribution in [1.29, 1.82) is 0 Å². The van der Waals surface area contributed by atoms with E-state index in [9.17, 15) is 4.39 Å². The number of nitrogens with zero attached hydrogens (tertiary/aromatic N) is 4. The summed E-state index contributed by atoms with van der Waals surface area (Å²) >= 11 is 0. The monoisotopic (exact) mass is 440 g/mol. The van der Waals surface area contributed by atoms with E-state index >= 15 is 0 Å². The summed E-state index contributed by atoms with van der Waals surface area (Å²) in [5.74, 6) is 2.15. The van der Waals surface area contributed by atoms with Crippen molar-refractivity contribution in [2.75, 3.05) is 25.5 Å². The van der Waals surface area contributed by atoms with E-state index in [-0.39, 0.29) is 11.4 Å². The van der Waals surface area contributed by atoms with Gasteiger partial charge in [-0.3, -0.25) is 0 Å². The summed E-state index contributed by atoms with van der Waals surface area (Å²) in [7, 11) is 0. The van der Waals surface area contributed by atoms with E-state index in [1.54, 1.807) is 6.08 Å². The number of imidazole rings is 1. The highest BCUT2D eigenvalue weighted by Gasteiger charge is 2.20. The molecule has 0 radical (unpaired) electrons. The van der Waals surface area contributed by atoms with Crippen LogP contribution in [0.4, 0.5) is 10.2 Å². The minimum atomic E-state index is -0.860. The van der Waals surface area contributed by atoms with Crippen LogP contribution in [0.1, 0.15) is 44.1 Å². The smallest absolute Gasteiger partial charge is 0.312 e. The van der Waals surface area contributed by atoms with Gasteiger partial charge in [-0.2, -0.15) is 14.4 Å². The van der Waals surface area contributed by atoms with Crippen LogP contribution in [0.25, 0.3) is 17.2 Å². The molecular weight excluding hydrogens is 411 g/mol. The number of halogens is 1. The molecule has 3 heterocycles. The van der Waals surface area contributed by atoms with Crippen molar-refractivity contribution in [2.45, 2.75) is 45.7 Å². The summed E-state index contributed by atoms with van der Waals surface area (Å²) in [6.45, 7) is 12.7. The minimum absolute atomic E-state index is 0.0165. The highest BCUT2D eigenvalue weighted by Crippen LogP contribution is 2.35. The molecule has 0 spiro atoms. The number of fused-ring (bicyclic) bond motifs is 2. The van der Waals surface area contributed by atoms with Crippen molar-refractivity contribution in [2.24, 2.45) is 0 Å². The summed E-state index contributed by atoms with van der Waals surface area (Å²) in [6.07, 6.45) is 2.21. The molecule has 3 N–H and O–H groups in total. The minimum Gasteiger partial charge on any atom is -0.486 e. The van der Waals surface area contributed by atoms with Crippen LogP contribution in [-0.4, -0.2) is 44.8 Å². The van der Waals surface area contributed by atoms with E-state index in [1.807, 2.05) is 16.7 Å². The number of aryl methyl sites for hydroxylation is 1. The molecule has 1 aliphatic rings. The summed E-state index contributed by atoms with van der Waals surface area (Å²) in [6, 6.07) is 3.87. The molecule has 2 aromatic heterocycles. The quantitative estimate of drug-likeness (QED) is 0.429. The molecule has 170 valence electrons. The zero-order valence-electron chi connectivity index (χ0n) is 18.7. The van der Waals surface area contributed by atoms with Crippen LogP contribution in [0.15, 0.2) is 18.7 Å². The first kappa shape index (κ1) is 22.0. The topological polar surface area (TPSA) is 100 Å². The highest BCUT2D eigenvalue weighted by molar-refractivity contribution is 5.82. The van der Waals surface area contributed by atoms with Crippen molar-refractivity contribution >= 4 is 23.1 Å². The first-order chi connectivity index (χ1) is 15.2. The Bertz CT molecular complexity index is 1150. The van der Waals surface area contributed by atoms with Crippen LogP contribution < -0.4 is 20.5 Å². The first-order valence-electron chi connectivity index (χ1n) is 10.7. The van der Waals surface area contributed by atoms with Gasteiger partial charge in [-0.25, -0.2) is 4.98 Å². The van der Waals surface area contributed by atoms with E-state index < -0.39 is 6.08 Å². The lowest BCUT2D eigenvalue weighted by atomic mass is 10.0. The normalized spacial score (nSPS) is 13.5. The summed E-state index contributed by atoms with van der Waals surface area (Å²) in [4.78, 5) is 12.3. The maximum absolute atomic E-state index is 14.0. The van der Waals surface area contributed by atoms with Gasteiger partial charge < -0.3 is 25.1 Å². The second-order valence-corrected chi connectivity index (χ2v) is 8.84. The SMILES string of the molecule is C=Cc1cc2c(cc1Cc1nc3c(N)nc(F)nc3n1CCCNC(C)(C)C)OCCO2. The van der Waals surface area contributed by atoms with E-state index in [4.69, 9.17) is 15.2 Å². The third kappa shape index (κ3) is 4.67. The van der Waals surface area contributed by atoms with E-state index in [0.717, 1.165) is 29.9 Å². The molecular formula is C23H29FN6O2. The predicted octanol–water partition coefficient (Wildman–Crippen LogP) is 3.33. The molecule has 0 fully saturated rings. The molecule has 1 aliphatic heterocycles. The Hall–Kier alpha value is -3.20. The van der Waals surface area contributed by atoms with E-state index in [1.165, 1.54) is 0 Å². The molecule has 0 atom stereocenters. The second kappa shape index (κ2) is 8.74. The van der Waals surface area contributed by atoms with Crippen molar-refractivity contribution in [3.05, 3.63) is 41.7 Å². The molecule has 9 heteroatoms. The Balaban J connectivity index is 1.70. The average molecular weight is 441 g/mol. The van der Waals surface area contributed by atoms with Crippen LogP contribution in [-0.2, 0) is 13.0 Å². The number of benzene rings is 1. The Morgan fingerprint density at radius 3 is 2.59 bits per heavy atom. The van der Waals surface area contributed by atoms with Gasteiger partial charge in [-0.1, -0.05) is 12.7 Å². The number of hydrogen-bond donors (Lipinski definition) is 2. The van der Waals surface area contributed by atoms with Gasteiger partial charge in [0, 0.05) is 18.5 Å². The molecule has 0 bridgehead atoms. The number of nitrogen functional groups attached to an aromatic ring is 1. The molecule has 0 unspecified atom stereocenters. The Morgan fingerprint density at radius 2 is 1.91 bits per heavy atom. The third-order valence-corrected chi connectivity index (χ3v) is 5.26. The van der Waals surface area contributed by atoms with Crippen LogP contribution in [0, 0.1) is 6.08 Å². The van der Waals surface area contributed by atoms with Gasteiger partial charge in [0.25, 0.3) is 0 Å². The largest absolute Gasteiger partial charge is 0.486 e. The fourth-order valence-corrected chi connectivity index (χ4v) is 3.77. The van der Waals surface area contributed by atoms with Crippen LogP contribution in [0.2, 0.25) is 0 Å². The number of aromatic nitrogens is 4. The van der Waals surface area contributed by atoms with Gasteiger partial charge in [0.15, 0.2) is 28.5 Å². The van der Waals surface area contributed by atoms with Crippen molar-refractivity contribution in [3.63, 3.8) is 0 Å². The molecule has 0 amide bonds. The fourth-order valence-electron chi connectivity index (χ4n) is 3.77. The van der Waals surface area contributed by atoms with Crippen LogP contribution in [0.5, 0.6) is 11.5 Å². The molecule has 8 nitrogen and oxygen atoms in total. The Morgan fingerprint density at radius 1 is 1.19 bits per heavy atom. The second-order valence-electron chi connectivity index (χ2n) is 8.84. The lowest BCUT2D eigenvalue weighted by Gasteiger charge is -2.21. The van der Waals surface area contributed by atoms with E-state index in [2.05, 4.69) is 47.6 Å². The van der Waals surface area contributed by atoms with Crippen molar-refractivity contribution < 1.29 is 13.9 Å². The first-order valence-corrected chi connectivity index (χ1v) is 10.7. The molecule has 0 aliphatic carbocycles. The van der Waals surface area contributed by atoms with Gasteiger partial charge in [0.05, 0.1) is 0 Å². The summed E-state index contributed by atoms with van der Waals surface area (Å²) in [5, 5.41) is 3.47. The Kier molecular flexibility index (Phi) is 6.01. The zero-order valence-corrected chi connectivity index (χ0v) is 18.7. The standard InChI is InChI=1S/C23H29FN6O2/c1-5-14-11-16-17(32-10-9-31-16)12-15(14)13-18-27-19-20(25)28-22(24)29-21(19)30(18)8-6-7-26-23(2,3)4/h5,11-12,26H,1,6-10,13H2,2-4H3,(H2,25,28,29). The number of rotatable bonds is 7. The lowest BCUT2D eigenvalue weighted by molar-refractivity contribution is 0.171. The van der Waals surface area contributed by atoms with Crippen molar-refractivity contribution in [1.82, 2.24) is 24.8 Å². The average Bonchev–Trinajstić information content (AvgIpc) is 3.07. The van der Waals surface area contributed by atoms with Gasteiger partial charge in [0.1, 0.15) is 19.0 Å². The van der Waals surface area contributed by atoms with E-state index in [0.29, 0.717) is 48.8 Å². The fraction of sp³-hybridized carbons (Fsp3) is 0.435. The zero-order chi connectivity index (χ0) is 22.9. The number of hydrogen-bond acceptors (Lipinski definition) is 7. The van der Waals surface area contributed by atoms with Gasteiger partial charge >= 0.3 is 6.08 Å². The molecule has 32 heavy (non-hydrogen) atoms. The molecule has 0 saturated carbocycles. The van der Waals surface area contributed by atoms with Gasteiger partial charge in [0.2, 0.25) is 0 Å². The highest BCUT2D eigenvalue weighted by atomic mass is 19.1. The summed E-state index contributed by atoms with van der Waals surface area (Å²) in [5.41, 5.74) is 8.68. The molecule has 4 rings (SSSR count). The van der Waals surface area contributed by atoms with Crippen molar-refractivity contribution in [3.8, 4) is 11.5 Å². The third-order valence-electron chi connectivity index (χ3n) is 5.26. The number of ether oxygens (including phenoxy) is 2. The number of nitrogens with two attached hydrogens (primary N) is 1. The molecule has 3 aromatic rings. The molecule has 0 saturated heterocycles. The van der Waals surface area contributed by atoms with Crippen LogP contribution in [0.3, 0.4) is 0 Å². The Labute approximate surface area is 186 Å².